The SMILES string of the molecule is CC(=O)C(NC(=O)COc1cc(Cl)c(Cl)cc1Cl)C(C)C. The van der Waals surface area contributed by atoms with Crippen molar-refractivity contribution in [3.8, 4) is 5.75 Å². The highest BCUT2D eigenvalue weighted by molar-refractivity contribution is 6.43. The number of nitrogens with one attached hydrogen (secondary N) is 1. The number of ketones is 1. The van der Waals surface area contributed by atoms with Crippen LogP contribution in [0.15, 0.2) is 12.1 Å². The van der Waals surface area contributed by atoms with Gasteiger partial charge in [-0.1, -0.05) is 48.7 Å². The van der Waals surface area contributed by atoms with Gasteiger partial charge in [0.05, 0.1) is 21.1 Å². The van der Waals surface area contributed by atoms with Crippen LogP contribution in [0.3, 0.4) is 0 Å². The van der Waals surface area contributed by atoms with E-state index in [1.807, 2.05) is 13.8 Å². The van der Waals surface area contributed by atoms with E-state index in [1.165, 1.54) is 19.1 Å². The molecule has 1 aromatic carbocycles. The van der Waals surface area contributed by atoms with E-state index < -0.39 is 11.9 Å². The monoisotopic (exact) mass is 351 g/mol. The van der Waals surface area contributed by atoms with E-state index in [0.29, 0.717) is 5.02 Å². The molecule has 0 bridgehead atoms. The maximum atomic E-state index is 11.8. The lowest BCUT2D eigenvalue weighted by molar-refractivity contribution is -0.129. The molecule has 0 heterocycles. The van der Waals surface area contributed by atoms with Crippen LogP contribution in [0, 0.1) is 5.92 Å². The first-order chi connectivity index (χ1) is 9.72. The van der Waals surface area contributed by atoms with Gasteiger partial charge in [0, 0.05) is 6.07 Å². The molecule has 0 aliphatic rings. The number of amides is 1. The Kier molecular flexibility index (Phi) is 6.78. The van der Waals surface area contributed by atoms with Crippen molar-refractivity contribution in [2.75, 3.05) is 6.61 Å². The molecule has 0 saturated carbocycles. The van der Waals surface area contributed by atoms with Gasteiger partial charge >= 0.3 is 0 Å². The molecule has 0 saturated heterocycles. The van der Waals surface area contributed by atoms with E-state index in [0.717, 1.165) is 0 Å². The molecule has 4 nitrogen and oxygen atoms in total. The van der Waals surface area contributed by atoms with E-state index in [-0.39, 0.29) is 34.1 Å². The second kappa shape index (κ2) is 7.87. The minimum absolute atomic E-state index is 0.0000132. The third kappa shape index (κ3) is 5.38. The third-order valence-corrected chi connectivity index (χ3v) is 3.77. The predicted molar refractivity (Wildman–Crippen MR) is 84.4 cm³/mol. The maximum Gasteiger partial charge on any atom is 0.258 e. The first-order valence-corrected chi connectivity index (χ1v) is 7.43. The summed E-state index contributed by atoms with van der Waals surface area (Å²) in [6, 6.07) is 2.33. The van der Waals surface area contributed by atoms with Gasteiger partial charge in [0.2, 0.25) is 0 Å². The lowest BCUT2D eigenvalue weighted by atomic mass is 10.0. The number of benzene rings is 1. The maximum absolute atomic E-state index is 11.8. The molecule has 1 unspecified atom stereocenters. The molecule has 7 heteroatoms. The van der Waals surface area contributed by atoms with E-state index in [1.54, 1.807) is 0 Å². The van der Waals surface area contributed by atoms with Gasteiger partial charge in [-0.25, -0.2) is 0 Å². The first kappa shape index (κ1) is 18.1. The highest BCUT2D eigenvalue weighted by Gasteiger charge is 2.21. The van der Waals surface area contributed by atoms with E-state index in [9.17, 15) is 9.59 Å². The Morgan fingerprint density at radius 2 is 1.71 bits per heavy atom. The van der Waals surface area contributed by atoms with E-state index in [4.69, 9.17) is 39.5 Å². The smallest absolute Gasteiger partial charge is 0.258 e. The van der Waals surface area contributed by atoms with Crippen molar-refractivity contribution in [2.45, 2.75) is 26.8 Å². The summed E-state index contributed by atoms with van der Waals surface area (Å²) >= 11 is 17.6. The van der Waals surface area contributed by atoms with Crippen molar-refractivity contribution < 1.29 is 14.3 Å². The molecule has 0 fully saturated rings. The minimum Gasteiger partial charge on any atom is -0.482 e. The summed E-state index contributed by atoms with van der Waals surface area (Å²) in [4.78, 5) is 23.2. The molecule has 0 aliphatic heterocycles. The Labute approximate surface area is 138 Å². The zero-order valence-corrected chi connectivity index (χ0v) is 14.1. The molecule has 0 aliphatic carbocycles. The Hall–Kier alpha value is -0.970. The standard InChI is InChI=1S/C14H16Cl3NO3/c1-7(2)14(8(3)19)18-13(20)6-21-12-5-10(16)9(15)4-11(12)17/h4-5,7,14H,6H2,1-3H3,(H,18,20). The number of carbonyl (C=O) groups is 2. The quantitative estimate of drug-likeness (QED) is 0.793. The Morgan fingerprint density at radius 3 is 2.24 bits per heavy atom. The summed E-state index contributed by atoms with van der Waals surface area (Å²) in [7, 11) is 0. The average molecular weight is 353 g/mol. The summed E-state index contributed by atoms with van der Waals surface area (Å²) in [5.74, 6) is -0.262. The van der Waals surface area contributed by atoms with Gasteiger partial charge in [-0.3, -0.25) is 9.59 Å². The van der Waals surface area contributed by atoms with Crippen LogP contribution in [0.4, 0.5) is 0 Å². The fourth-order valence-electron chi connectivity index (χ4n) is 1.71. The lowest BCUT2D eigenvalue weighted by Gasteiger charge is -2.19. The first-order valence-electron chi connectivity index (χ1n) is 6.29. The second-order valence-electron chi connectivity index (χ2n) is 4.89. The molecular weight excluding hydrogens is 337 g/mol. The highest BCUT2D eigenvalue weighted by atomic mass is 35.5. The molecule has 0 radical (unpaired) electrons. The fourth-order valence-corrected chi connectivity index (χ4v) is 2.30. The highest BCUT2D eigenvalue weighted by Crippen LogP contribution is 2.33. The average Bonchev–Trinajstić information content (AvgIpc) is 2.37. The van der Waals surface area contributed by atoms with Crippen LogP contribution in [0.1, 0.15) is 20.8 Å². The number of rotatable bonds is 6. The molecule has 116 valence electrons. The molecular formula is C14H16Cl3NO3. The van der Waals surface area contributed by atoms with Gasteiger partial charge in [-0.05, 0) is 18.9 Å². The topological polar surface area (TPSA) is 55.4 Å². The van der Waals surface area contributed by atoms with Crippen molar-refractivity contribution in [1.82, 2.24) is 5.32 Å². The number of ether oxygens (including phenoxy) is 1. The van der Waals surface area contributed by atoms with E-state index in [2.05, 4.69) is 5.32 Å². The molecule has 1 aromatic rings. The molecule has 1 N–H and O–H groups in total. The van der Waals surface area contributed by atoms with Crippen molar-refractivity contribution in [1.29, 1.82) is 0 Å². The predicted octanol–water partition coefficient (Wildman–Crippen LogP) is 3.76. The summed E-state index contributed by atoms with van der Waals surface area (Å²) in [6.07, 6.45) is 0. The molecule has 21 heavy (non-hydrogen) atoms. The van der Waals surface area contributed by atoms with Gasteiger partial charge < -0.3 is 10.1 Å². The number of hydrogen-bond acceptors (Lipinski definition) is 3. The van der Waals surface area contributed by atoms with Crippen LogP contribution < -0.4 is 10.1 Å². The van der Waals surface area contributed by atoms with Gasteiger partial charge in [0.1, 0.15) is 5.75 Å². The summed E-state index contributed by atoms with van der Waals surface area (Å²) in [6.45, 7) is 4.86. The van der Waals surface area contributed by atoms with Crippen LogP contribution in [0.2, 0.25) is 15.1 Å². The van der Waals surface area contributed by atoms with Gasteiger partial charge in [0.15, 0.2) is 12.4 Å². The number of hydrogen-bond donors (Lipinski definition) is 1. The molecule has 1 amide bonds. The second-order valence-corrected chi connectivity index (χ2v) is 6.11. The molecule has 0 aromatic heterocycles. The summed E-state index contributed by atoms with van der Waals surface area (Å²) < 4.78 is 5.30. The number of halogens is 3. The molecule has 1 atom stereocenters. The number of carbonyl (C=O) groups excluding carboxylic acids is 2. The van der Waals surface area contributed by atoms with Gasteiger partial charge in [-0.2, -0.15) is 0 Å². The van der Waals surface area contributed by atoms with Crippen LogP contribution in [0.25, 0.3) is 0 Å². The van der Waals surface area contributed by atoms with E-state index >= 15 is 0 Å². The van der Waals surface area contributed by atoms with Gasteiger partial charge in [0.25, 0.3) is 5.91 Å². The largest absolute Gasteiger partial charge is 0.482 e. The molecule has 0 spiro atoms. The Balaban J connectivity index is 2.65. The zero-order valence-electron chi connectivity index (χ0n) is 11.9. The van der Waals surface area contributed by atoms with Crippen molar-refractivity contribution in [3.05, 3.63) is 27.2 Å². The third-order valence-electron chi connectivity index (χ3n) is 2.75. The van der Waals surface area contributed by atoms with Crippen LogP contribution in [0.5, 0.6) is 5.75 Å². The fraction of sp³-hybridized carbons (Fsp3) is 0.429. The minimum atomic E-state index is -0.537. The van der Waals surface area contributed by atoms with Crippen molar-refractivity contribution in [3.63, 3.8) is 0 Å². The molecule has 1 rings (SSSR count). The summed E-state index contributed by atoms with van der Waals surface area (Å²) in [5.41, 5.74) is 0. The Bertz CT molecular complexity index is 547. The van der Waals surface area contributed by atoms with Crippen LogP contribution in [-0.2, 0) is 9.59 Å². The van der Waals surface area contributed by atoms with Crippen molar-refractivity contribution >= 4 is 46.5 Å². The summed E-state index contributed by atoms with van der Waals surface area (Å²) in [5, 5.41) is 3.45. The lowest BCUT2D eigenvalue weighted by Crippen LogP contribution is -2.45. The normalized spacial score (nSPS) is 12.1. The number of Topliss-reactive ketones (excluding diaryl/α,β-unsaturated/α-hetero) is 1. The van der Waals surface area contributed by atoms with Gasteiger partial charge in [-0.15, -0.1) is 0 Å². The van der Waals surface area contributed by atoms with Crippen LogP contribution in [-0.4, -0.2) is 24.3 Å². The Morgan fingerprint density at radius 1 is 1.14 bits per heavy atom. The zero-order chi connectivity index (χ0) is 16.2. The van der Waals surface area contributed by atoms with Crippen LogP contribution >= 0.6 is 34.8 Å². The van der Waals surface area contributed by atoms with Crippen molar-refractivity contribution in [2.24, 2.45) is 5.92 Å².